The maximum Gasteiger partial charge on any atom is 0.174 e. The van der Waals surface area contributed by atoms with Gasteiger partial charge in [0.05, 0.1) is 12.3 Å². The lowest BCUT2D eigenvalue weighted by atomic mass is 9.95. The fourth-order valence-electron chi connectivity index (χ4n) is 1.87. The Bertz CT molecular complexity index is 524. The van der Waals surface area contributed by atoms with Crippen LogP contribution in [0.3, 0.4) is 0 Å². The van der Waals surface area contributed by atoms with Gasteiger partial charge in [-0.1, -0.05) is 20.8 Å². The predicted octanol–water partition coefficient (Wildman–Crippen LogP) is 4.71. The van der Waals surface area contributed by atoms with E-state index in [1.54, 1.807) is 6.26 Å². The van der Waals surface area contributed by atoms with Crippen LogP contribution in [0.2, 0.25) is 0 Å². The second kappa shape index (κ2) is 5.19. The van der Waals surface area contributed by atoms with E-state index in [9.17, 15) is 0 Å². The Morgan fingerprint density at radius 1 is 1.28 bits per heavy atom. The van der Waals surface area contributed by atoms with Crippen LogP contribution in [0.25, 0.3) is 0 Å². The predicted molar refractivity (Wildman–Crippen MR) is 80.3 cm³/mol. The van der Waals surface area contributed by atoms with Crippen molar-refractivity contribution in [2.75, 3.05) is 7.05 Å². The van der Waals surface area contributed by atoms with Gasteiger partial charge in [-0.3, -0.25) is 0 Å². The SMILES string of the molecule is CNC(c1ccc(C(C)(C)C)s1)c1ccoc1Br. The lowest BCUT2D eigenvalue weighted by molar-refractivity contribution is 0.531. The number of halogens is 1. The van der Waals surface area contributed by atoms with Gasteiger partial charge in [-0.2, -0.15) is 0 Å². The lowest BCUT2D eigenvalue weighted by Gasteiger charge is -2.16. The minimum Gasteiger partial charge on any atom is -0.457 e. The van der Waals surface area contributed by atoms with Gasteiger partial charge in [0.1, 0.15) is 0 Å². The van der Waals surface area contributed by atoms with Crippen LogP contribution in [0, 0.1) is 0 Å². The van der Waals surface area contributed by atoms with E-state index in [0.29, 0.717) is 0 Å². The van der Waals surface area contributed by atoms with Gasteiger partial charge in [0, 0.05) is 15.3 Å². The summed E-state index contributed by atoms with van der Waals surface area (Å²) in [7, 11) is 1.97. The van der Waals surface area contributed by atoms with Crippen LogP contribution in [-0.4, -0.2) is 7.05 Å². The average molecular weight is 328 g/mol. The van der Waals surface area contributed by atoms with Gasteiger partial charge in [0.25, 0.3) is 0 Å². The van der Waals surface area contributed by atoms with Crippen molar-refractivity contribution in [3.05, 3.63) is 44.4 Å². The molecule has 2 heterocycles. The first-order chi connectivity index (χ1) is 8.43. The van der Waals surface area contributed by atoms with Gasteiger partial charge >= 0.3 is 0 Å². The Hall–Kier alpha value is -0.580. The topological polar surface area (TPSA) is 25.2 Å². The molecule has 4 heteroatoms. The maximum absolute atomic E-state index is 5.32. The minimum atomic E-state index is 0.180. The summed E-state index contributed by atoms with van der Waals surface area (Å²) in [5.41, 5.74) is 1.34. The first kappa shape index (κ1) is 13.8. The molecule has 0 saturated carbocycles. The Morgan fingerprint density at radius 2 is 2.00 bits per heavy atom. The molecule has 0 aliphatic rings. The van der Waals surface area contributed by atoms with Crippen molar-refractivity contribution in [2.45, 2.75) is 32.2 Å². The Labute approximate surface area is 121 Å². The Balaban J connectivity index is 2.35. The average Bonchev–Trinajstić information content (AvgIpc) is 2.89. The summed E-state index contributed by atoms with van der Waals surface area (Å²) in [6.07, 6.45) is 1.71. The van der Waals surface area contributed by atoms with Gasteiger partial charge in [-0.05, 0) is 46.6 Å². The van der Waals surface area contributed by atoms with Crippen molar-refractivity contribution < 1.29 is 4.42 Å². The van der Waals surface area contributed by atoms with E-state index in [-0.39, 0.29) is 11.5 Å². The number of furan rings is 1. The van der Waals surface area contributed by atoms with Gasteiger partial charge in [0.15, 0.2) is 4.67 Å². The Morgan fingerprint density at radius 3 is 2.44 bits per heavy atom. The van der Waals surface area contributed by atoms with Crippen LogP contribution >= 0.6 is 27.3 Å². The smallest absolute Gasteiger partial charge is 0.174 e. The van der Waals surface area contributed by atoms with E-state index in [0.717, 1.165) is 10.2 Å². The number of rotatable bonds is 3. The largest absolute Gasteiger partial charge is 0.457 e. The molecule has 0 radical (unpaired) electrons. The second-order valence-electron chi connectivity index (χ2n) is 5.32. The molecule has 0 fully saturated rings. The van der Waals surface area contributed by atoms with E-state index in [4.69, 9.17) is 4.42 Å². The molecule has 0 amide bonds. The monoisotopic (exact) mass is 327 g/mol. The highest BCUT2D eigenvalue weighted by Gasteiger charge is 2.22. The molecule has 1 N–H and O–H groups in total. The molecule has 0 bridgehead atoms. The molecule has 2 nitrogen and oxygen atoms in total. The molecule has 0 aliphatic heterocycles. The fraction of sp³-hybridized carbons (Fsp3) is 0.429. The van der Waals surface area contributed by atoms with Gasteiger partial charge in [-0.25, -0.2) is 0 Å². The molecule has 2 aromatic rings. The van der Waals surface area contributed by atoms with Crippen molar-refractivity contribution >= 4 is 27.3 Å². The quantitative estimate of drug-likeness (QED) is 0.883. The summed E-state index contributed by atoms with van der Waals surface area (Å²) in [5.74, 6) is 0. The summed E-state index contributed by atoms with van der Waals surface area (Å²) in [6, 6.07) is 6.60. The van der Waals surface area contributed by atoms with Crippen LogP contribution in [-0.2, 0) is 5.41 Å². The van der Waals surface area contributed by atoms with E-state index in [2.05, 4.69) is 54.2 Å². The molecule has 2 rings (SSSR count). The van der Waals surface area contributed by atoms with Gasteiger partial charge < -0.3 is 9.73 Å². The van der Waals surface area contributed by atoms with Crippen LogP contribution in [0.4, 0.5) is 0 Å². The fourth-order valence-corrected chi connectivity index (χ4v) is 3.54. The molecule has 0 aromatic carbocycles. The third-order valence-electron chi connectivity index (χ3n) is 2.90. The first-order valence-electron chi connectivity index (χ1n) is 5.94. The van der Waals surface area contributed by atoms with Crippen molar-refractivity contribution in [3.8, 4) is 0 Å². The summed E-state index contributed by atoms with van der Waals surface area (Å²) in [6.45, 7) is 6.72. The molecule has 2 aromatic heterocycles. The van der Waals surface area contributed by atoms with Crippen LogP contribution < -0.4 is 5.32 Å². The summed E-state index contributed by atoms with van der Waals surface area (Å²) in [4.78, 5) is 2.71. The highest BCUT2D eigenvalue weighted by atomic mass is 79.9. The molecule has 1 unspecified atom stereocenters. The number of hydrogen-bond donors (Lipinski definition) is 1. The molecule has 1 atom stereocenters. The zero-order chi connectivity index (χ0) is 13.3. The number of nitrogens with one attached hydrogen (secondary N) is 1. The summed E-state index contributed by atoms with van der Waals surface area (Å²) < 4.78 is 6.12. The van der Waals surface area contributed by atoms with E-state index < -0.39 is 0 Å². The Kier molecular flexibility index (Phi) is 3.99. The first-order valence-corrected chi connectivity index (χ1v) is 7.55. The third kappa shape index (κ3) is 2.71. The molecule has 98 valence electrons. The zero-order valence-corrected chi connectivity index (χ0v) is 13.5. The van der Waals surface area contributed by atoms with E-state index >= 15 is 0 Å². The van der Waals surface area contributed by atoms with Gasteiger partial charge in [0.2, 0.25) is 0 Å². The number of hydrogen-bond acceptors (Lipinski definition) is 3. The molecule has 0 aliphatic carbocycles. The highest BCUT2D eigenvalue weighted by molar-refractivity contribution is 9.10. The molecular weight excluding hydrogens is 310 g/mol. The molecule has 0 spiro atoms. The van der Waals surface area contributed by atoms with Crippen LogP contribution in [0.15, 0.2) is 33.5 Å². The van der Waals surface area contributed by atoms with Crippen LogP contribution in [0.5, 0.6) is 0 Å². The third-order valence-corrected chi connectivity index (χ3v) is 5.12. The van der Waals surface area contributed by atoms with Gasteiger partial charge in [-0.15, -0.1) is 11.3 Å². The van der Waals surface area contributed by atoms with Crippen molar-refractivity contribution in [2.24, 2.45) is 0 Å². The summed E-state index contributed by atoms with van der Waals surface area (Å²) in [5, 5.41) is 3.35. The van der Waals surface area contributed by atoms with Crippen LogP contribution in [0.1, 0.15) is 42.1 Å². The molecule has 18 heavy (non-hydrogen) atoms. The standard InChI is InChI=1S/C14H18BrNOS/c1-14(2,3)11-6-5-10(18-11)12(16-4)9-7-8-17-13(9)15/h5-8,12,16H,1-4H3. The van der Waals surface area contributed by atoms with Crippen molar-refractivity contribution in [3.63, 3.8) is 0 Å². The van der Waals surface area contributed by atoms with E-state index in [1.165, 1.54) is 9.75 Å². The second-order valence-corrected chi connectivity index (χ2v) is 7.16. The molecular formula is C14H18BrNOS. The van der Waals surface area contributed by atoms with Crippen molar-refractivity contribution in [1.82, 2.24) is 5.32 Å². The van der Waals surface area contributed by atoms with Crippen molar-refractivity contribution in [1.29, 1.82) is 0 Å². The zero-order valence-electron chi connectivity index (χ0n) is 11.1. The highest BCUT2D eigenvalue weighted by Crippen LogP contribution is 2.36. The molecule has 0 saturated heterocycles. The number of thiophene rings is 1. The minimum absolute atomic E-state index is 0.180. The lowest BCUT2D eigenvalue weighted by Crippen LogP contribution is -2.16. The van der Waals surface area contributed by atoms with E-state index in [1.807, 2.05) is 24.5 Å². The summed E-state index contributed by atoms with van der Waals surface area (Å²) >= 11 is 5.30. The normalized spacial score (nSPS) is 13.8. The maximum atomic E-state index is 5.32.